The van der Waals surface area contributed by atoms with Crippen molar-refractivity contribution in [2.45, 2.75) is 18.8 Å². The van der Waals surface area contributed by atoms with Crippen molar-refractivity contribution in [3.63, 3.8) is 0 Å². The minimum Gasteiger partial charge on any atom is -0.316 e. The van der Waals surface area contributed by atoms with E-state index in [4.69, 9.17) is 0 Å². The summed E-state index contributed by atoms with van der Waals surface area (Å²) in [4.78, 5) is 8.50. The quantitative estimate of drug-likeness (QED) is 0.720. The zero-order valence-corrected chi connectivity index (χ0v) is 8.40. The lowest BCUT2D eigenvalue weighted by molar-refractivity contribution is 0.455. The number of aromatic nitrogens is 4. The molecule has 0 aliphatic carbocycles. The standard InChI is InChI=1S/C10H13N5/c1-2-7(6-11-3-1)8-9-10(15-14-8)13-5-4-12-9/h4-5,7,11H,1-3,6H2,(H,13,14,15). The maximum atomic E-state index is 4.33. The number of rotatable bonds is 1. The van der Waals surface area contributed by atoms with Gasteiger partial charge in [0.05, 0.1) is 5.69 Å². The van der Waals surface area contributed by atoms with Crippen LogP contribution in [0, 0.1) is 0 Å². The molecule has 0 spiro atoms. The molecule has 3 heterocycles. The van der Waals surface area contributed by atoms with E-state index in [9.17, 15) is 0 Å². The molecule has 2 aromatic heterocycles. The fraction of sp³-hybridized carbons (Fsp3) is 0.500. The van der Waals surface area contributed by atoms with Crippen LogP contribution in [-0.4, -0.2) is 33.3 Å². The second-order valence-electron chi connectivity index (χ2n) is 3.91. The molecule has 5 nitrogen and oxygen atoms in total. The minimum absolute atomic E-state index is 0.500. The van der Waals surface area contributed by atoms with Gasteiger partial charge >= 0.3 is 0 Å². The summed E-state index contributed by atoms with van der Waals surface area (Å²) in [6.45, 7) is 2.13. The molecule has 15 heavy (non-hydrogen) atoms. The van der Waals surface area contributed by atoms with Gasteiger partial charge in [0.1, 0.15) is 5.52 Å². The van der Waals surface area contributed by atoms with Gasteiger partial charge in [-0.15, -0.1) is 0 Å². The number of aromatic amines is 1. The van der Waals surface area contributed by atoms with Crippen LogP contribution in [0.25, 0.3) is 11.2 Å². The highest BCUT2D eigenvalue weighted by Gasteiger charge is 2.20. The fourth-order valence-electron chi connectivity index (χ4n) is 2.15. The summed E-state index contributed by atoms with van der Waals surface area (Å²) >= 11 is 0. The van der Waals surface area contributed by atoms with E-state index in [0.29, 0.717) is 5.92 Å². The van der Waals surface area contributed by atoms with Gasteiger partial charge in [-0.2, -0.15) is 5.10 Å². The van der Waals surface area contributed by atoms with E-state index < -0.39 is 0 Å². The van der Waals surface area contributed by atoms with E-state index in [-0.39, 0.29) is 0 Å². The van der Waals surface area contributed by atoms with Crippen molar-refractivity contribution in [1.29, 1.82) is 0 Å². The Morgan fingerprint density at radius 1 is 1.27 bits per heavy atom. The van der Waals surface area contributed by atoms with Crippen molar-refractivity contribution in [2.75, 3.05) is 13.1 Å². The van der Waals surface area contributed by atoms with Gasteiger partial charge in [-0.25, -0.2) is 9.97 Å². The van der Waals surface area contributed by atoms with E-state index in [2.05, 4.69) is 25.5 Å². The van der Waals surface area contributed by atoms with Gasteiger partial charge in [0.25, 0.3) is 0 Å². The third-order valence-corrected chi connectivity index (χ3v) is 2.92. The summed E-state index contributed by atoms with van der Waals surface area (Å²) in [5.74, 6) is 0.500. The number of nitrogens with zero attached hydrogens (tertiary/aromatic N) is 3. The summed E-state index contributed by atoms with van der Waals surface area (Å²) < 4.78 is 0. The van der Waals surface area contributed by atoms with E-state index in [1.807, 2.05) is 0 Å². The van der Waals surface area contributed by atoms with E-state index >= 15 is 0 Å². The van der Waals surface area contributed by atoms with Gasteiger partial charge in [-0.05, 0) is 19.4 Å². The molecule has 1 saturated heterocycles. The maximum absolute atomic E-state index is 4.33. The van der Waals surface area contributed by atoms with Gasteiger partial charge in [0, 0.05) is 24.9 Å². The van der Waals surface area contributed by atoms with Crippen LogP contribution in [0.4, 0.5) is 0 Å². The molecular weight excluding hydrogens is 190 g/mol. The molecule has 78 valence electrons. The van der Waals surface area contributed by atoms with Crippen molar-refractivity contribution in [1.82, 2.24) is 25.5 Å². The second-order valence-corrected chi connectivity index (χ2v) is 3.91. The molecule has 3 rings (SSSR count). The predicted molar refractivity (Wildman–Crippen MR) is 56.5 cm³/mol. The van der Waals surface area contributed by atoms with Gasteiger partial charge in [0.15, 0.2) is 5.65 Å². The molecule has 0 radical (unpaired) electrons. The van der Waals surface area contributed by atoms with Gasteiger partial charge < -0.3 is 5.32 Å². The normalized spacial score (nSPS) is 22.0. The summed E-state index contributed by atoms with van der Waals surface area (Å²) in [5.41, 5.74) is 2.77. The van der Waals surface area contributed by atoms with Crippen LogP contribution in [0.15, 0.2) is 12.4 Å². The highest BCUT2D eigenvalue weighted by Crippen LogP contribution is 2.25. The first-order valence-electron chi connectivity index (χ1n) is 5.31. The lowest BCUT2D eigenvalue weighted by atomic mass is 9.96. The van der Waals surface area contributed by atoms with Crippen molar-refractivity contribution < 1.29 is 0 Å². The van der Waals surface area contributed by atoms with Crippen molar-refractivity contribution >= 4 is 11.2 Å². The van der Waals surface area contributed by atoms with Crippen molar-refractivity contribution in [2.24, 2.45) is 0 Å². The first-order valence-corrected chi connectivity index (χ1v) is 5.31. The number of nitrogens with one attached hydrogen (secondary N) is 2. The third kappa shape index (κ3) is 1.48. The second kappa shape index (κ2) is 3.58. The fourth-order valence-corrected chi connectivity index (χ4v) is 2.15. The smallest absolute Gasteiger partial charge is 0.199 e. The number of fused-ring (bicyclic) bond motifs is 1. The van der Waals surface area contributed by atoms with Crippen LogP contribution in [0.1, 0.15) is 24.5 Å². The molecule has 1 unspecified atom stereocenters. The predicted octanol–water partition coefficient (Wildman–Crippen LogP) is 0.820. The zero-order chi connectivity index (χ0) is 10.1. The van der Waals surface area contributed by atoms with E-state index in [1.165, 1.54) is 12.8 Å². The zero-order valence-electron chi connectivity index (χ0n) is 8.40. The van der Waals surface area contributed by atoms with Crippen LogP contribution in [0.3, 0.4) is 0 Å². The molecular formula is C10H13N5. The third-order valence-electron chi connectivity index (χ3n) is 2.92. The Kier molecular flexibility index (Phi) is 2.10. The van der Waals surface area contributed by atoms with Crippen LogP contribution in [0.2, 0.25) is 0 Å². The van der Waals surface area contributed by atoms with Crippen LogP contribution in [0.5, 0.6) is 0 Å². The Morgan fingerprint density at radius 2 is 2.20 bits per heavy atom. The molecule has 0 aromatic carbocycles. The molecule has 0 amide bonds. The summed E-state index contributed by atoms with van der Waals surface area (Å²) in [7, 11) is 0. The molecule has 2 N–H and O–H groups in total. The first kappa shape index (κ1) is 8.79. The Morgan fingerprint density at radius 3 is 3.07 bits per heavy atom. The van der Waals surface area contributed by atoms with Gasteiger partial charge in [-0.3, -0.25) is 5.10 Å². The van der Waals surface area contributed by atoms with Crippen LogP contribution in [-0.2, 0) is 0 Å². The summed E-state index contributed by atoms with van der Waals surface area (Å²) in [6, 6.07) is 0. The Hall–Kier alpha value is -1.49. The lowest BCUT2D eigenvalue weighted by Crippen LogP contribution is -2.28. The van der Waals surface area contributed by atoms with Crippen LogP contribution < -0.4 is 5.32 Å². The van der Waals surface area contributed by atoms with Crippen molar-refractivity contribution in [3.05, 3.63) is 18.1 Å². The number of H-pyrrole nitrogens is 1. The molecule has 1 fully saturated rings. The highest BCUT2D eigenvalue weighted by atomic mass is 15.2. The lowest BCUT2D eigenvalue weighted by Gasteiger charge is -2.21. The van der Waals surface area contributed by atoms with Gasteiger partial charge in [-0.1, -0.05) is 0 Å². The summed E-state index contributed by atoms with van der Waals surface area (Å²) in [5, 5.41) is 10.6. The van der Waals surface area contributed by atoms with Crippen molar-refractivity contribution in [3.8, 4) is 0 Å². The number of hydrogen-bond acceptors (Lipinski definition) is 4. The molecule has 1 atom stereocenters. The Bertz CT molecular complexity index is 458. The number of piperidine rings is 1. The Balaban J connectivity index is 2.02. The average molecular weight is 203 g/mol. The molecule has 1 aliphatic heterocycles. The average Bonchev–Trinajstić information content (AvgIpc) is 2.74. The Labute approximate surface area is 87.3 Å². The number of hydrogen-bond donors (Lipinski definition) is 2. The van der Waals surface area contributed by atoms with Crippen LogP contribution >= 0.6 is 0 Å². The monoisotopic (exact) mass is 203 g/mol. The van der Waals surface area contributed by atoms with E-state index in [1.54, 1.807) is 12.4 Å². The minimum atomic E-state index is 0.500. The molecule has 5 heteroatoms. The molecule has 0 saturated carbocycles. The molecule has 2 aromatic rings. The summed E-state index contributed by atoms with van der Waals surface area (Å²) in [6.07, 6.45) is 5.80. The largest absolute Gasteiger partial charge is 0.316 e. The SMILES string of the molecule is c1cnc2c(C3CCCNC3)[nH]nc2n1. The topological polar surface area (TPSA) is 66.5 Å². The van der Waals surface area contributed by atoms with Gasteiger partial charge in [0.2, 0.25) is 0 Å². The highest BCUT2D eigenvalue weighted by molar-refractivity contribution is 5.72. The first-order chi connectivity index (χ1) is 7.45. The maximum Gasteiger partial charge on any atom is 0.199 e. The molecule has 1 aliphatic rings. The molecule has 0 bridgehead atoms. The van der Waals surface area contributed by atoms with E-state index in [0.717, 1.165) is 29.9 Å².